The molecule has 0 spiro atoms. The van der Waals surface area contributed by atoms with Gasteiger partial charge in [0.05, 0.1) is 5.71 Å². The molecule has 3 N–H and O–H groups in total. The molecule has 166 valence electrons. The number of phenols is 1. The van der Waals surface area contributed by atoms with Gasteiger partial charge in [-0.05, 0) is 70.6 Å². The Bertz CT molecular complexity index is 878. The quantitative estimate of drug-likeness (QED) is 0.632. The van der Waals surface area contributed by atoms with E-state index in [1.165, 1.54) is 6.92 Å². The summed E-state index contributed by atoms with van der Waals surface area (Å²) in [5, 5.41) is 20.6. The first kappa shape index (κ1) is 24.0. The van der Waals surface area contributed by atoms with Crippen molar-refractivity contribution in [2.45, 2.75) is 71.9 Å². The fourth-order valence-corrected chi connectivity index (χ4v) is 4.25. The molecule has 2 heterocycles. The average molecular weight is 438 g/mol. The van der Waals surface area contributed by atoms with Crippen molar-refractivity contribution in [2.24, 2.45) is 0 Å². The number of rotatable bonds is 3. The zero-order valence-corrected chi connectivity index (χ0v) is 19.2. The van der Waals surface area contributed by atoms with Gasteiger partial charge in [0.25, 0.3) is 11.8 Å². The third-order valence-electron chi connectivity index (χ3n) is 6.43. The largest absolute Gasteiger partial charge is 0.507 e. The van der Waals surface area contributed by atoms with E-state index in [1.807, 2.05) is 32.6 Å². The normalized spacial score (nSPS) is 21.2. The molecule has 0 aromatic heterocycles. The highest BCUT2D eigenvalue weighted by atomic mass is 35.5. The number of halogens is 1. The molecule has 1 aromatic carbocycles. The second-order valence-corrected chi connectivity index (χ2v) is 8.53. The van der Waals surface area contributed by atoms with Crippen LogP contribution in [0.15, 0.2) is 0 Å². The smallest absolute Gasteiger partial charge is 0.266 e. The number of amides is 2. The fraction of sp³-hybridized carbons (Fsp3) is 0.591. The predicted octanol–water partition coefficient (Wildman–Crippen LogP) is 2.97. The van der Waals surface area contributed by atoms with Gasteiger partial charge < -0.3 is 20.1 Å². The minimum Gasteiger partial charge on any atom is -0.507 e. The molecule has 0 radical (unpaired) electrons. The lowest BCUT2D eigenvalue weighted by Crippen LogP contribution is -2.56. The molecule has 1 fully saturated rings. The summed E-state index contributed by atoms with van der Waals surface area (Å²) in [5.74, 6) is 0.657. The van der Waals surface area contributed by atoms with Crippen LogP contribution in [0.2, 0.25) is 0 Å². The highest BCUT2D eigenvalue weighted by Crippen LogP contribution is 2.43. The molecular formula is C22H32ClN3O4. The number of piperidine rings is 1. The van der Waals surface area contributed by atoms with Gasteiger partial charge in [-0.2, -0.15) is 0 Å². The lowest BCUT2D eigenvalue weighted by molar-refractivity contribution is -0.149. The van der Waals surface area contributed by atoms with Gasteiger partial charge in [-0.1, -0.05) is 0 Å². The number of benzene rings is 1. The zero-order chi connectivity index (χ0) is 21.5. The van der Waals surface area contributed by atoms with Crippen molar-refractivity contribution in [1.29, 1.82) is 5.41 Å². The number of phenolic OH excluding ortho intramolecular Hbond substituents is 1. The van der Waals surface area contributed by atoms with Crippen LogP contribution in [-0.2, 0) is 16.0 Å². The third-order valence-corrected chi connectivity index (χ3v) is 6.43. The molecule has 1 unspecified atom stereocenters. The van der Waals surface area contributed by atoms with Gasteiger partial charge in [-0.25, -0.2) is 0 Å². The lowest BCUT2D eigenvalue weighted by Gasteiger charge is -2.41. The minimum atomic E-state index is -0.935. The Labute approximate surface area is 184 Å². The van der Waals surface area contributed by atoms with E-state index in [1.54, 1.807) is 0 Å². The molecule has 2 aliphatic heterocycles. The SMILES string of the molecule is CC(=N)C(=O)NC1CCN(C(=O)C2(C)CCc3c(C)c(O)c(C)c(C)c3O2)CC1.Cl. The van der Waals surface area contributed by atoms with Gasteiger partial charge in [0.15, 0.2) is 5.60 Å². The summed E-state index contributed by atoms with van der Waals surface area (Å²) in [6.45, 7) is 10.1. The van der Waals surface area contributed by atoms with E-state index >= 15 is 0 Å². The van der Waals surface area contributed by atoms with E-state index < -0.39 is 5.60 Å². The zero-order valence-electron chi connectivity index (χ0n) is 18.3. The standard InChI is InChI=1S/C22H31N3O4.ClH/c1-12-13(2)19-17(14(3)18(12)26)6-9-22(5,29-19)21(28)25-10-7-16(8-11-25)24-20(27)15(4)23;/h16,23,26H,6-11H2,1-5H3,(H,24,27);1H. The first-order valence-corrected chi connectivity index (χ1v) is 10.2. The summed E-state index contributed by atoms with van der Waals surface area (Å²) in [4.78, 5) is 26.8. The van der Waals surface area contributed by atoms with E-state index in [2.05, 4.69) is 5.32 Å². The van der Waals surface area contributed by atoms with Crippen molar-refractivity contribution >= 4 is 29.9 Å². The van der Waals surface area contributed by atoms with Crippen LogP contribution in [0.25, 0.3) is 0 Å². The maximum Gasteiger partial charge on any atom is 0.266 e. The van der Waals surface area contributed by atoms with Crippen LogP contribution in [-0.4, -0.2) is 52.3 Å². The van der Waals surface area contributed by atoms with Crippen molar-refractivity contribution in [2.75, 3.05) is 13.1 Å². The Morgan fingerprint density at radius 3 is 2.33 bits per heavy atom. The monoisotopic (exact) mass is 437 g/mol. The Morgan fingerprint density at radius 1 is 1.17 bits per heavy atom. The van der Waals surface area contributed by atoms with Gasteiger partial charge in [-0.3, -0.25) is 15.0 Å². The number of hydrogen-bond acceptors (Lipinski definition) is 5. The summed E-state index contributed by atoms with van der Waals surface area (Å²) in [6, 6.07) is -0.0109. The summed E-state index contributed by atoms with van der Waals surface area (Å²) in [5.41, 5.74) is 2.54. The fourth-order valence-electron chi connectivity index (χ4n) is 4.25. The van der Waals surface area contributed by atoms with Gasteiger partial charge in [0, 0.05) is 31.1 Å². The van der Waals surface area contributed by atoms with Crippen LogP contribution in [0, 0.1) is 26.2 Å². The number of ether oxygens (including phenoxy) is 1. The molecule has 1 aromatic rings. The molecule has 30 heavy (non-hydrogen) atoms. The molecule has 8 heteroatoms. The number of nitrogens with one attached hydrogen (secondary N) is 2. The Kier molecular flexibility index (Phi) is 7.07. The molecule has 7 nitrogen and oxygen atoms in total. The minimum absolute atomic E-state index is 0. The molecule has 0 saturated carbocycles. The second kappa shape index (κ2) is 8.84. The van der Waals surface area contributed by atoms with E-state index in [4.69, 9.17) is 10.1 Å². The average Bonchev–Trinajstić information content (AvgIpc) is 2.70. The molecule has 0 bridgehead atoms. The predicted molar refractivity (Wildman–Crippen MR) is 118 cm³/mol. The van der Waals surface area contributed by atoms with Gasteiger partial charge in [-0.15, -0.1) is 12.4 Å². The van der Waals surface area contributed by atoms with Crippen LogP contribution >= 0.6 is 12.4 Å². The number of likely N-dealkylation sites (tertiary alicyclic amines) is 1. The van der Waals surface area contributed by atoms with E-state index in [0.717, 1.165) is 28.0 Å². The molecular weight excluding hydrogens is 406 g/mol. The molecule has 3 rings (SSSR count). The number of carbonyl (C=O) groups excluding carboxylic acids is 2. The Balaban J connectivity index is 0.00000320. The Morgan fingerprint density at radius 2 is 1.77 bits per heavy atom. The van der Waals surface area contributed by atoms with Crippen molar-refractivity contribution in [1.82, 2.24) is 10.2 Å². The summed E-state index contributed by atoms with van der Waals surface area (Å²) >= 11 is 0. The highest BCUT2D eigenvalue weighted by Gasteiger charge is 2.43. The molecule has 1 atom stereocenters. The van der Waals surface area contributed by atoms with Gasteiger partial charge >= 0.3 is 0 Å². The van der Waals surface area contributed by atoms with E-state index in [9.17, 15) is 14.7 Å². The number of aromatic hydroxyl groups is 1. The maximum absolute atomic E-state index is 13.3. The number of fused-ring (bicyclic) bond motifs is 1. The summed E-state index contributed by atoms with van der Waals surface area (Å²) in [6.07, 6.45) is 2.58. The molecule has 2 aliphatic rings. The van der Waals surface area contributed by atoms with Crippen LogP contribution in [0.5, 0.6) is 11.5 Å². The lowest BCUT2D eigenvalue weighted by atomic mass is 9.86. The second-order valence-electron chi connectivity index (χ2n) is 8.53. The van der Waals surface area contributed by atoms with Crippen molar-refractivity contribution in [3.63, 3.8) is 0 Å². The maximum atomic E-state index is 13.3. The van der Waals surface area contributed by atoms with Crippen LogP contribution in [0.1, 0.15) is 55.4 Å². The van der Waals surface area contributed by atoms with Gasteiger partial charge in [0.1, 0.15) is 11.5 Å². The first-order chi connectivity index (χ1) is 13.5. The van der Waals surface area contributed by atoms with E-state index in [-0.39, 0.29) is 36.0 Å². The van der Waals surface area contributed by atoms with Crippen LogP contribution in [0.3, 0.4) is 0 Å². The summed E-state index contributed by atoms with van der Waals surface area (Å²) in [7, 11) is 0. The van der Waals surface area contributed by atoms with Crippen molar-refractivity contribution < 1.29 is 19.4 Å². The van der Waals surface area contributed by atoms with E-state index in [0.29, 0.717) is 44.5 Å². The third kappa shape index (κ3) is 4.26. The highest BCUT2D eigenvalue weighted by molar-refractivity contribution is 6.36. The van der Waals surface area contributed by atoms with Crippen LogP contribution in [0.4, 0.5) is 0 Å². The van der Waals surface area contributed by atoms with Crippen LogP contribution < -0.4 is 10.1 Å². The molecule has 1 saturated heterocycles. The number of carbonyl (C=O) groups is 2. The van der Waals surface area contributed by atoms with Gasteiger partial charge in [0.2, 0.25) is 0 Å². The topological polar surface area (TPSA) is 103 Å². The Hall–Kier alpha value is -2.28. The number of nitrogens with zero attached hydrogens (tertiary/aromatic N) is 1. The first-order valence-electron chi connectivity index (χ1n) is 10.2. The summed E-state index contributed by atoms with van der Waals surface area (Å²) < 4.78 is 6.30. The molecule has 0 aliphatic carbocycles. The van der Waals surface area contributed by atoms with Crippen molar-refractivity contribution in [3.05, 3.63) is 22.3 Å². The number of hydrogen-bond donors (Lipinski definition) is 3. The van der Waals surface area contributed by atoms with Crippen molar-refractivity contribution in [3.8, 4) is 11.5 Å². The molecule has 2 amide bonds.